The van der Waals surface area contributed by atoms with Crippen LogP contribution in [0.1, 0.15) is 19.7 Å². The molecule has 0 amide bonds. The van der Waals surface area contributed by atoms with Crippen LogP contribution in [0.3, 0.4) is 0 Å². The Morgan fingerprint density at radius 1 is 1.17 bits per heavy atom. The summed E-state index contributed by atoms with van der Waals surface area (Å²) in [6, 6.07) is 1.49. The molecule has 1 aromatic heterocycles. The van der Waals surface area contributed by atoms with Crippen LogP contribution in [0, 0.1) is 0 Å². The Labute approximate surface area is 106 Å². The molecule has 0 unspecified atom stereocenters. The summed E-state index contributed by atoms with van der Waals surface area (Å²) in [4.78, 5) is 7.92. The van der Waals surface area contributed by atoms with Gasteiger partial charge in [-0.15, -0.1) is 0 Å². The maximum Gasteiger partial charge on any atom is 0.270 e. The topological polar surface area (TPSA) is 87.6 Å². The Bertz CT molecular complexity index is 479. The van der Waals surface area contributed by atoms with Crippen molar-refractivity contribution < 1.29 is 22.1 Å². The van der Waals surface area contributed by atoms with Crippen molar-refractivity contribution in [2.24, 2.45) is 0 Å². The average molecular weight is 276 g/mol. The van der Waals surface area contributed by atoms with Crippen LogP contribution in [0.5, 0.6) is 11.8 Å². The molecule has 0 fully saturated rings. The van der Waals surface area contributed by atoms with E-state index in [0.29, 0.717) is 0 Å². The first-order chi connectivity index (χ1) is 8.39. The largest absolute Gasteiger partial charge is 0.481 e. The van der Waals surface area contributed by atoms with Crippen molar-refractivity contribution in [3.05, 3.63) is 11.9 Å². The third kappa shape index (κ3) is 3.81. The van der Waals surface area contributed by atoms with E-state index in [-0.39, 0.29) is 24.2 Å². The zero-order valence-corrected chi connectivity index (χ0v) is 11.5. The molecule has 0 aliphatic heterocycles. The van der Waals surface area contributed by atoms with Gasteiger partial charge in [0, 0.05) is 0 Å². The predicted molar refractivity (Wildman–Crippen MR) is 64.0 cm³/mol. The first kappa shape index (κ1) is 14.7. The van der Waals surface area contributed by atoms with E-state index in [1.807, 2.05) is 0 Å². The normalized spacial score (nSPS) is 11.6. The average Bonchev–Trinajstić information content (AvgIpc) is 2.35. The van der Waals surface area contributed by atoms with E-state index in [0.717, 1.165) is 0 Å². The van der Waals surface area contributed by atoms with Crippen molar-refractivity contribution in [1.82, 2.24) is 9.97 Å². The van der Waals surface area contributed by atoms with Gasteiger partial charge in [0.25, 0.3) is 10.1 Å². The van der Waals surface area contributed by atoms with Crippen molar-refractivity contribution in [3.8, 4) is 11.8 Å². The van der Waals surface area contributed by atoms with Crippen molar-refractivity contribution >= 4 is 10.1 Å². The lowest BCUT2D eigenvalue weighted by molar-refractivity contribution is 0.286. The van der Waals surface area contributed by atoms with Crippen molar-refractivity contribution in [2.45, 2.75) is 25.7 Å². The van der Waals surface area contributed by atoms with Gasteiger partial charge in [-0.1, -0.05) is 0 Å². The minimum Gasteiger partial charge on any atom is -0.481 e. The Morgan fingerprint density at radius 3 is 2.06 bits per heavy atom. The van der Waals surface area contributed by atoms with Gasteiger partial charge < -0.3 is 9.47 Å². The van der Waals surface area contributed by atoms with E-state index in [4.69, 9.17) is 13.7 Å². The van der Waals surface area contributed by atoms with E-state index in [1.165, 1.54) is 34.1 Å². The fourth-order valence-corrected chi connectivity index (χ4v) is 1.54. The highest BCUT2D eigenvalue weighted by Crippen LogP contribution is 2.16. The highest BCUT2D eigenvalue weighted by molar-refractivity contribution is 7.87. The van der Waals surface area contributed by atoms with Gasteiger partial charge in [0.15, 0.2) is 5.82 Å². The first-order valence-electron chi connectivity index (χ1n) is 5.23. The second-order valence-electron chi connectivity index (χ2n) is 3.67. The molecule has 7 nitrogen and oxygen atoms in total. The Balaban J connectivity index is 2.85. The van der Waals surface area contributed by atoms with Crippen molar-refractivity contribution in [3.63, 3.8) is 0 Å². The molecule has 0 radical (unpaired) electrons. The first-order valence-corrected chi connectivity index (χ1v) is 6.70. The molecule has 0 spiro atoms. The van der Waals surface area contributed by atoms with Crippen LogP contribution in [0.2, 0.25) is 0 Å². The van der Waals surface area contributed by atoms with Gasteiger partial charge in [0.05, 0.1) is 25.5 Å². The number of methoxy groups -OCH3 is 2. The molecule has 0 aromatic carbocycles. The zero-order valence-electron chi connectivity index (χ0n) is 10.7. The number of hydrogen-bond acceptors (Lipinski definition) is 7. The number of aromatic nitrogens is 2. The number of nitrogens with zero attached hydrogens (tertiary/aromatic N) is 2. The maximum atomic E-state index is 11.5. The van der Waals surface area contributed by atoms with E-state index in [9.17, 15) is 8.42 Å². The lowest BCUT2D eigenvalue weighted by Gasteiger charge is -2.09. The van der Waals surface area contributed by atoms with Gasteiger partial charge in [0.1, 0.15) is 6.61 Å². The van der Waals surface area contributed by atoms with Crippen molar-refractivity contribution in [1.29, 1.82) is 0 Å². The monoisotopic (exact) mass is 276 g/mol. The molecule has 1 aromatic rings. The summed E-state index contributed by atoms with van der Waals surface area (Å²) in [5.41, 5.74) is 0. The SMILES string of the molecule is COc1cc(OC)nc(COS(=O)(=O)C(C)C)n1. The molecule has 0 aliphatic carbocycles. The molecular formula is C10H16N2O5S. The second kappa shape index (κ2) is 5.96. The summed E-state index contributed by atoms with van der Waals surface area (Å²) in [7, 11) is -0.714. The van der Waals surface area contributed by atoms with Crippen LogP contribution in [-0.4, -0.2) is 37.9 Å². The lowest BCUT2D eigenvalue weighted by atomic mass is 10.5. The van der Waals surface area contributed by atoms with Gasteiger partial charge in [-0.3, -0.25) is 4.18 Å². The van der Waals surface area contributed by atoms with Gasteiger partial charge >= 0.3 is 0 Å². The Morgan fingerprint density at radius 2 is 1.67 bits per heavy atom. The molecule has 1 heterocycles. The summed E-state index contributed by atoms with van der Waals surface area (Å²) < 4.78 is 37.6. The fraction of sp³-hybridized carbons (Fsp3) is 0.600. The third-order valence-corrected chi connectivity index (χ3v) is 3.67. The number of ether oxygens (including phenoxy) is 2. The molecule has 1 rings (SSSR count). The summed E-state index contributed by atoms with van der Waals surface area (Å²) in [6.45, 7) is 2.80. The Hall–Kier alpha value is -1.41. The molecule has 18 heavy (non-hydrogen) atoms. The molecule has 8 heteroatoms. The fourth-order valence-electron chi connectivity index (χ4n) is 0.994. The minimum atomic E-state index is -3.60. The highest BCUT2D eigenvalue weighted by Gasteiger charge is 2.18. The van der Waals surface area contributed by atoms with E-state index in [1.54, 1.807) is 0 Å². The van der Waals surface area contributed by atoms with E-state index >= 15 is 0 Å². The second-order valence-corrected chi connectivity index (χ2v) is 5.84. The standard InChI is InChI=1S/C10H16N2O5S/c1-7(2)18(13,14)17-6-8-11-9(15-3)5-10(12-8)16-4/h5,7H,6H2,1-4H3. The molecule has 0 saturated heterocycles. The molecule has 0 bridgehead atoms. The van der Waals surface area contributed by atoms with Crippen LogP contribution in [0.15, 0.2) is 6.07 Å². The lowest BCUT2D eigenvalue weighted by Crippen LogP contribution is -2.17. The maximum absolute atomic E-state index is 11.5. The van der Waals surface area contributed by atoms with Gasteiger partial charge in [-0.05, 0) is 13.8 Å². The van der Waals surface area contributed by atoms with Crippen LogP contribution in [0.4, 0.5) is 0 Å². The van der Waals surface area contributed by atoms with Gasteiger partial charge in [0.2, 0.25) is 11.8 Å². The number of rotatable bonds is 6. The Kier molecular flexibility index (Phi) is 4.85. The van der Waals surface area contributed by atoms with Crippen LogP contribution < -0.4 is 9.47 Å². The summed E-state index contributed by atoms with van der Waals surface area (Å²) in [6.07, 6.45) is 0. The summed E-state index contributed by atoms with van der Waals surface area (Å²) in [5, 5.41) is -0.620. The van der Waals surface area contributed by atoms with Crippen LogP contribution in [0.25, 0.3) is 0 Å². The molecule has 0 N–H and O–H groups in total. The summed E-state index contributed by atoms with van der Waals surface area (Å²) >= 11 is 0. The number of hydrogen-bond donors (Lipinski definition) is 0. The molecule has 102 valence electrons. The molecule has 0 saturated carbocycles. The van der Waals surface area contributed by atoms with E-state index < -0.39 is 15.4 Å². The van der Waals surface area contributed by atoms with E-state index in [2.05, 4.69) is 9.97 Å². The predicted octanol–water partition coefficient (Wildman–Crippen LogP) is 0.749. The van der Waals surface area contributed by atoms with Crippen LogP contribution >= 0.6 is 0 Å². The zero-order chi connectivity index (χ0) is 13.8. The quantitative estimate of drug-likeness (QED) is 0.708. The third-order valence-electron chi connectivity index (χ3n) is 2.07. The minimum absolute atomic E-state index is 0.176. The van der Waals surface area contributed by atoms with Crippen molar-refractivity contribution in [2.75, 3.05) is 14.2 Å². The van der Waals surface area contributed by atoms with Gasteiger partial charge in [-0.2, -0.15) is 18.4 Å². The van der Waals surface area contributed by atoms with Gasteiger partial charge in [-0.25, -0.2) is 0 Å². The smallest absolute Gasteiger partial charge is 0.270 e. The highest BCUT2D eigenvalue weighted by atomic mass is 32.2. The molecule has 0 aliphatic rings. The van der Waals surface area contributed by atoms with Crippen LogP contribution in [-0.2, 0) is 20.9 Å². The summed E-state index contributed by atoms with van der Waals surface area (Å²) in [5.74, 6) is 0.736. The molecular weight excluding hydrogens is 260 g/mol. The molecule has 0 atom stereocenters.